The summed E-state index contributed by atoms with van der Waals surface area (Å²) in [6.45, 7) is 7.01. The van der Waals surface area contributed by atoms with Gasteiger partial charge in [0.2, 0.25) is 0 Å². The van der Waals surface area contributed by atoms with Crippen LogP contribution in [0.3, 0.4) is 0 Å². The molecule has 0 aliphatic carbocycles. The van der Waals surface area contributed by atoms with Crippen LogP contribution in [-0.2, 0) is 6.54 Å². The molecule has 122 valence electrons. The number of carbonyl (C=O) groups is 1. The fourth-order valence-corrected chi connectivity index (χ4v) is 2.84. The summed E-state index contributed by atoms with van der Waals surface area (Å²) in [5, 5.41) is 0. The number of rotatable bonds is 4. The maximum atomic E-state index is 12.9. The Kier molecular flexibility index (Phi) is 4.71. The van der Waals surface area contributed by atoms with Crippen molar-refractivity contribution in [1.82, 2.24) is 19.4 Å². The predicted octanol–water partition coefficient (Wildman–Crippen LogP) is 1.79. The molecule has 2 heterocycles. The third kappa shape index (κ3) is 3.76. The number of carbonyl (C=O) groups excluding carboxylic acids is 1. The van der Waals surface area contributed by atoms with E-state index in [-0.39, 0.29) is 11.7 Å². The first kappa shape index (κ1) is 15.7. The highest BCUT2D eigenvalue weighted by Gasteiger charge is 2.21. The van der Waals surface area contributed by atoms with Crippen molar-refractivity contribution in [2.75, 3.05) is 32.7 Å². The normalized spacial score (nSPS) is 15.8. The highest BCUT2D eigenvalue weighted by molar-refractivity contribution is 5.94. The van der Waals surface area contributed by atoms with Gasteiger partial charge < -0.3 is 9.47 Å². The van der Waals surface area contributed by atoms with Crippen LogP contribution in [0.25, 0.3) is 0 Å². The van der Waals surface area contributed by atoms with Crippen molar-refractivity contribution in [3.05, 3.63) is 53.9 Å². The summed E-state index contributed by atoms with van der Waals surface area (Å²) < 4.78 is 15.1. The Morgan fingerprint density at radius 1 is 1.13 bits per heavy atom. The monoisotopic (exact) mass is 316 g/mol. The van der Waals surface area contributed by atoms with Crippen molar-refractivity contribution in [1.29, 1.82) is 0 Å². The van der Waals surface area contributed by atoms with Gasteiger partial charge in [-0.05, 0) is 31.2 Å². The minimum absolute atomic E-state index is 0.0184. The minimum Gasteiger partial charge on any atom is -0.336 e. The molecule has 1 aliphatic heterocycles. The van der Waals surface area contributed by atoms with Crippen molar-refractivity contribution in [2.24, 2.45) is 0 Å². The molecule has 0 N–H and O–H groups in total. The van der Waals surface area contributed by atoms with E-state index >= 15 is 0 Å². The van der Waals surface area contributed by atoms with E-state index in [0.29, 0.717) is 18.7 Å². The molecule has 1 aromatic carbocycles. The Morgan fingerprint density at radius 2 is 1.83 bits per heavy atom. The number of halogens is 1. The zero-order chi connectivity index (χ0) is 16.2. The molecule has 23 heavy (non-hydrogen) atoms. The standard InChI is InChI=1S/C17H21FN4O/c1-14-19-6-7-21(14)11-8-20-9-12-22(13-10-20)17(23)15-2-4-16(18)5-3-15/h2-7H,8-13H2,1H3. The van der Waals surface area contributed by atoms with Gasteiger partial charge >= 0.3 is 0 Å². The van der Waals surface area contributed by atoms with E-state index in [4.69, 9.17) is 0 Å². The zero-order valence-electron chi connectivity index (χ0n) is 13.3. The SMILES string of the molecule is Cc1nccn1CCN1CCN(C(=O)c2ccc(F)cc2)CC1. The second kappa shape index (κ2) is 6.91. The number of piperazine rings is 1. The molecule has 0 atom stereocenters. The van der Waals surface area contributed by atoms with Gasteiger partial charge in [-0.3, -0.25) is 9.69 Å². The first-order valence-electron chi connectivity index (χ1n) is 7.88. The molecule has 0 radical (unpaired) electrons. The van der Waals surface area contributed by atoms with Gasteiger partial charge in [-0.25, -0.2) is 9.37 Å². The molecule has 0 spiro atoms. The molecule has 1 amide bonds. The van der Waals surface area contributed by atoms with Crippen molar-refractivity contribution >= 4 is 5.91 Å². The molecule has 1 aromatic heterocycles. The molecule has 1 aliphatic rings. The topological polar surface area (TPSA) is 41.4 Å². The lowest BCUT2D eigenvalue weighted by Gasteiger charge is -2.34. The van der Waals surface area contributed by atoms with Crippen molar-refractivity contribution < 1.29 is 9.18 Å². The van der Waals surface area contributed by atoms with E-state index in [1.807, 2.05) is 24.2 Å². The molecule has 1 saturated heterocycles. The van der Waals surface area contributed by atoms with Crippen LogP contribution < -0.4 is 0 Å². The van der Waals surface area contributed by atoms with Crippen LogP contribution in [0.2, 0.25) is 0 Å². The second-order valence-electron chi connectivity index (χ2n) is 5.81. The summed E-state index contributed by atoms with van der Waals surface area (Å²) in [5.41, 5.74) is 0.550. The molecule has 1 fully saturated rings. The van der Waals surface area contributed by atoms with Crippen LogP contribution in [0.5, 0.6) is 0 Å². The Labute approximate surface area is 135 Å². The van der Waals surface area contributed by atoms with Gasteiger partial charge in [-0.2, -0.15) is 0 Å². The average Bonchev–Trinajstić information content (AvgIpc) is 2.99. The minimum atomic E-state index is -0.318. The summed E-state index contributed by atoms with van der Waals surface area (Å²) in [7, 11) is 0. The Bertz CT molecular complexity index is 659. The number of aryl methyl sites for hydroxylation is 1. The number of aromatic nitrogens is 2. The smallest absolute Gasteiger partial charge is 0.253 e. The summed E-state index contributed by atoms with van der Waals surface area (Å²) >= 11 is 0. The zero-order valence-corrected chi connectivity index (χ0v) is 13.3. The van der Waals surface area contributed by atoms with Gasteiger partial charge in [0.1, 0.15) is 11.6 Å². The van der Waals surface area contributed by atoms with E-state index in [0.717, 1.165) is 32.0 Å². The van der Waals surface area contributed by atoms with E-state index in [9.17, 15) is 9.18 Å². The molecule has 5 nitrogen and oxygen atoms in total. The lowest BCUT2D eigenvalue weighted by atomic mass is 10.2. The number of nitrogens with zero attached hydrogens (tertiary/aromatic N) is 4. The van der Waals surface area contributed by atoms with Gasteiger partial charge in [0.15, 0.2) is 0 Å². The quantitative estimate of drug-likeness (QED) is 0.863. The predicted molar refractivity (Wildman–Crippen MR) is 85.7 cm³/mol. The van der Waals surface area contributed by atoms with Gasteiger partial charge in [-0.1, -0.05) is 0 Å². The van der Waals surface area contributed by atoms with E-state index in [2.05, 4.69) is 14.5 Å². The average molecular weight is 316 g/mol. The summed E-state index contributed by atoms with van der Waals surface area (Å²) in [4.78, 5) is 20.8. The third-order valence-corrected chi connectivity index (χ3v) is 4.33. The van der Waals surface area contributed by atoms with Crippen LogP contribution in [0, 0.1) is 12.7 Å². The van der Waals surface area contributed by atoms with Gasteiger partial charge in [-0.15, -0.1) is 0 Å². The lowest BCUT2D eigenvalue weighted by molar-refractivity contribution is 0.0633. The molecular weight excluding hydrogens is 295 g/mol. The second-order valence-corrected chi connectivity index (χ2v) is 5.81. The maximum Gasteiger partial charge on any atom is 0.253 e. The van der Waals surface area contributed by atoms with Crippen LogP contribution in [0.15, 0.2) is 36.7 Å². The largest absolute Gasteiger partial charge is 0.336 e. The molecule has 0 unspecified atom stereocenters. The van der Waals surface area contributed by atoms with E-state index < -0.39 is 0 Å². The molecule has 3 rings (SSSR count). The first-order valence-corrected chi connectivity index (χ1v) is 7.88. The number of amides is 1. The number of hydrogen-bond acceptors (Lipinski definition) is 3. The molecular formula is C17H21FN4O. The van der Waals surface area contributed by atoms with Crippen LogP contribution in [0.4, 0.5) is 4.39 Å². The van der Waals surface area contributed by atoms with Gasteiger partial charge in [0.25, 0.3) is 5.91 Å². The Morgan fingerprint density at radius 3 is 2.43 bits per heavy atom. The Balaban J connectivity index is 1.49. The highest BCUT2D eigenvalue weighted by atomic mass is 19.1. The summed E-state index contributed by atoms with van der Waals surface area (Å²) in [6, 6.07) is 5.76. The van der Waals surface area contributed by atoms with Crippen LogP contribution in [0.1, 0.15) is 16.2 Å². The highest BCUT2D eigenvalue weighted by Crippen LogP contribution is 2.10. The van der Waals surface area contributed by atoms with Gasteiger partial charge in [0, 0.05) is 57.2 Å². The van der Waals surface area contributed by atoms with E-state index in [1.165, 1.54) is 12.1 Å². The third-order valence-electron chi connectivity index (χ3n) is 4.33. The van der Waals surface area contributed by atoms with Crippen molar-refractivity contribution in [3.63, 3.8) is 0 Å². The number of hydrogen-bond donors (Lipinski definition) is 0. The van der Waals surface area contributed by atoms with Gasteiger partial charge in [0.05, 0.1) is 0 Å². The molecule has 0 bridgehead atoms. The summed E-state index contributed by atoms with van der Waals surface area (Å²) in [6.07, 6.45) is 3.80. The molecule has 2 aromatic rings. The van der Waals surface area contributed by atoms with Crippen LogP contribution >= 0.6 is 0 Å². The summed E-state index contributed by atoms with van der Waals surface area (Å²) in [5.74, 6) is 0.686. The lowest BCUT2D eigenvalue weighted by Crippen LogP contribution is -2.49. The molecule has 0 saturated carbocycles. The first-order chi connectivity index (χ1) is 11.1. The molecule has 6 heteroatoms. The van der Waals surface area contributed by atoms with Crippen molar-refractivity contribution in [3.8, 4) is 0 Å². The van der Waals surface area contributed by atoms with Crippen LogP contribution in [-0.4, -0.2) is 58.0 Å². The van der Waals surface area contributed by atoms with Crippen molar-refractivity contribution in [2.45, 2.75) is 13.5 Å². The fraction of sp³-hybridized carbons (Fsp3) is 0.412. The number of benzene rings is 1. The number of imidazole rings is 1. The van der Waals surface area contributed by atoms with E-state index in [1.54, 1.807) is 12.1 Å². The fourth-order valence-electron chi connectivity index (χ4n) is 2.84. The maximum absolute atomic E-state index is 12.9. The Hall–Kier alpha value is -2.21.